The third-order valence-electron chi connectivity index (χ3n) is 0. The minimum absolute atomic E-state index is 0. The molecule has 0 heterocycles. The van der Waals surface area contributed by atoms with Crippen LogP contribution in [0, 0.1) is 0 Å². The number of hydrogen-bond donors (Lipinski definition) is 2. The fraction of sp³-hybridized carbons (Fsp3) is 0. The average Bonchev–Trinajstić information content (AvgIpc) is 1.41. The van der Waals surface area contributed by atoms with Crippen LogP contribution >= 0.6 is 0 Å². The van der Waals surface area contributed by atoms with E-state index in [9.17, 15) is 0 Å². The van der Waals surface area contributed by atoms with E-state index >= 15 is 0 Å². The van der Waals surface area contributed by atoms with E-state index in [1.165, 1.54) is 0 Å². The van der Waals surface area contributed by atoms with Crippen LogP contribution in [-0.4, -0.2) is 104 Å². The maximum absolute atomic E-state index is 8.74. The van der Waals surface area contributed by atoms with Gasteiger partial charge in [-0.2, -0.15) is 8.42 Å². The molecule has 0 bridgehead atoms. The molecule has 0 aromatic rings. The summed E-state index contributed by atoms with van der Waals surface area (Å²) in [7, 11) is -15.0. The van der Waals surface area contributed by atoms with E-state index in [1.54, 1.807) is 0 Å². The smallest absolute Gasteiger partial charge is 0.759 e. The Hall–Kier alpha value is 1.10. The van der Waals surface area contributed by atoms with Crippen LogP contribution in [0.3, 0.4) is 0 Å². The van der Waals surface area contributed by atoms with E-state index in [0.29, 0.717) is 0 Å². The molecule has 0 spiro atoms. The molecule has 0 aliphatic heterocycles. The molecule has 13 nitrogen and oxygen atoms in total. The average molecular weight is 357 g/mol. The van der Waals surface area contributed by atoms with Crippen LogP contribution in [0.4, 0.5) is 0 Å². The van der Waals surface area contributed by atoms with Crippen molar-refractivity contribution in [3.8, 4) is 0 Å². The van der Waals surface area contributed by atoms with Crippen LogP contribution in [0.15, 0.2) is 0 Å². The Bertz CT molecular complexity index is 341. The van der Waals surface area contributed by atoms with Gasteiger partial charge in [0.05, 0.1) is 0 Å². The van der Waals surface area contributed by atoms with Gasteiger partial charge in [0.15, 0.2) is 0 Å². The van der Waals surface area contributed by atoms with Crippen molar-refractivity contribution in [1.29, 1.82) is 0 Å². The fourth-order valence-corrected chi connectivity index (χ4v) is 0. The van der Waals surface area contributed by atoms with Gasteiger partial charge in [0.1, 0.15) is 0 Å². The fourth-order valence-electron chi connectivity index (χ4n) is 0. The molecule has 104 valence electrons. The largest absolute Gasteiger partial charge is 2.00 e. The van der Waals surface area contributed by atoms with Crippen molar-refractivity contribution < 1.29 is 58.0 Å². The van der Waals surface area contributed by atoms with Crippen molar-refractivity contribution in [3.05, 3.63) is 0 Å². The van der Waals surface area contributed by atoms with Crippen molar-refractivity contribution in [2.75, 3.05) is 0 Å². The van der Waals surface area contributed by atoms with Crippen LogP contribution in [0.5, 0.6) is 0 Å². The molecule has 0 rings (SSSR count). The molecule has 0 aromatic carbocycles. The Morgan fingerprint density at radius 3 is 0.611 bits per heavy atom. The molecule has 0 radical (unpaired) electrons. The molecule has 0 aliphatic rings. The first-order valence-corrected chi connectivity index (χ1v) is 6.10. The van der Waals surface area contributed by atoms with E-state index in [4.69, 9.17) is 52.6 Å². The molecule has 0 aromatic heterocycles. The van der Waals surface area contributed by atoms with E-state index in [2.05, 4.69) is 0 Å². The topological polar surface area (TPSA) is 267 Å². The summed E-state index contributed by atoms with van der Waals surface area (Å²) < 4.78 is 99.7. The van der Waals surface area contributed by atoms with Crippen molar-refractivity contribution in [2.45, 2.75) is 0 Å². The Balaban J connectivity index is -0.0000000277. The second-order valence-electron chi connectivity index (χ2n) is 1.26. The Kier molecular flexibility index (Phi) is 29.4. The van der Waals surface area contributed by atoms with E-state index in [-0.39, 0.29) is 51.6 Å². The van der Waals surface area contributed by atoms with Gasteiger partial charge in [0.25, 0.3) is 0 Å². The van der Waals surface area contributed by atoms with Crippen molar-refractivity contribution in [3.63, 3.8) is 0 Å². The first-order chi connectivity index (χ1) is 6.00. The van der Waals surface area contributed by atoms with Gasteiger partial charge < -0.3 is 23.7 Å². The van der Waals surface area contributed by atoms with Crippen molar-refractivity contribution in [2.24, 2.45) is 0 Å². The second-order valence-corrected chi connectivity index (χ2v) is 3.79. The molecule has 0 unspecified atom stereocenters. The maximum Gasteiger partial charge on any atom is 2.00 e. The molecule has 0 saturated heterocycles. The summed E-state index contributed by atoms with van der Waals surface area (Å²) in [6.07, 6.45) is 0. The van der Waals surface area contributed by atoms with Gasteiger partial charge in [-0.25, -0.2) is 0 Å². The molecule has 18 heavy (non-hydrogen) atoms. The molecule has 0 amide bonds. The second kappa shape index (κ2) is 14.5. The molecule has 0 aliphatic carbocycles. The predicted octanol–water partition coefficient (Wildman–Crippen LogP) is -4.92. The molecular weight excluding hydrogens is 353 g/mol. The maximum atomic E-state index is 8.74. The van der Waals surface area contributed by atoms with Crippen LogP contribution in [0.25, 0.3) is 0 Å². The zero-order valence-corrected chi connectivity index (χ0v) is 13.4. The molecule has 0 atom stereocenters. The quantitative estimate of drug-likeness (QED) is 0.234. The van der Waals surface area contributed by atoms with Crippen LogP contribution < -0.4 is 0 Å². The van der Waals surface area contributed by atoms with Gasteiger partial charge in [-0.1, -0.05) is 0 Å². The summed E-state index contributed by atoms with van der Waals surface area (Å²) in [6, 6.07) is 0. The van der Waals surface area contributed by atoms with Gasteiger partial charge in [-0.15, -0.1) is 0 Å². The molecule has 0 fully saturated rings. The summed E-state index contributed by atoms with van der Waals surface area (Å²) in [5, 5.41) is 0. The van der Waals surface area contributed by atoms with E-state index in [0.717, 1.165) is 0 Å². The third kappa shape index (κ3) is 3650. The van der Waals surface area contributed by atoms with Crippen LogP contribution in [-0.2, 0) is 31.2 Å². The van der Waals surface area contributed by atoms with Gasteiger partial charge in [-0.3, -0.25) is 25.9 Å². The predicted molar refractivity (Wildman–Crippen MR) is 50.2 cm³/mol. The summed E-state index contributed by atoms with van der Waals surface area (Å²) in [5.74, 6) is 0. The minimum Gasteiger partial charge on any atom is -0.759 e. The van der Waals surface area contributed by atoms with Crippen molar-refractivity contribution >= 4 is 77.3 Å². The van der Waals surface area contributed by atoms with Gasteiger partial charge in [0, 0.05) is 20.8 Å². The SMILES string of the molecule is O.O=S(=O)(O)O.O=S(=O)([O-])[O-].O=S(=O)([O-])[O-].[Mg+2].[Mg+2]. The Morgan fingerprint density at radius 1 is 0.611 bits per heavy atom. The first-order valence-electron chi connectivity index (χ1n) is 2.03. The number of hydrogen-bond acceptors (Lipinski definition) is 10. The van der Waals surface area contributed by atoms with Crippen molar-refractivity contribution in [1.82, 2.24) is 0 Å². The Morgan fingerprint density at radius 2 is 0.611 bits per heavy atom. The van der Waals surface area contributed by atoms with Crippen LogP contribution in [0.2, 0.25) is 0 Å². The molecule has 4 N–H and O–H groups in total. The minimum atomic E-state index is -5.17. The normalized spacial score (nSPS) is 9.67. The van der Waals surface area contributed by atoms with E-state index in [1.807, 2.05) is 0 Å². The summed E-state index contributed by atoms with van der Waals surface area (Å²) in [4.78, 5) is 0. The standard InChI is InChI=1S/2Mg.3H2O4S.H2O/c;;3*1-5(2,3)4;/h;;3*(H2,1,2,3,4);1H2/q2*+2;;;;/p-4. The summed E-state index contributed by atoms with van der Waals surface area (Å²) in [6.45, 7) is 0. The van der Waals surface area contributed by atoms with Gasteiger partial charge in [-0.05, 0) is 0 Å². The zero-order valence-electron chi connectivity index (χ0n) is 8.12. The summed E-state index contributed by atoms with van der Waals surface area (Å²) in [5.41, 5.74) is 0. The number of rotatable bonds is 0. The van der Waals surface area contributed by atoms with Gasteiger partial charge >= 0.3 is 56.5 Å². The van der Waals surface area contributed by atoms with Crippen LogP contribution in [0.1, 0.15) is 0 Å². The molecule has 0 saturated carbocycles. The monoisotopic (exact) mass is 356 g/mol. The van der Waals surface area contributed by atoms with E-state index < -0.39 is 31.2 Å². The van der Waals surface area contributed by atoms with Gasteiger partial charge in [0.2, 0.25) is 0 Å². The third-order valence-corrected chi connectivity index (χ3v) is 0. The first kappa shape index (κ1) is 36.5. The molecule has 18 heteroatoms. The molecular formula is H4Mg2O13S3. The summed E-state index contributed by atoms with van der Waals surface area (Å²) >= 11 is 0. The zero-order chi connectivity index (χ0) is 13.5. The Labute approximate surface area is 134 Å².